The first-order chi connectivity index (χ1) is 9.78. The number of fused-ring (bicyclic) bond motifs is 1. The first kappa shape index (κ1) is 11.7. The highest BCUT2D eigenvalue weighted by molar-refractivity contribution is 5.86. The number of aromatic nitrogens is 1. The number of ether oxygens (including phenoxy) is 1. The lowest BCUT2D eigenvalue weighted by molar-refractivity contribution is -0.183. The third kappa shape index (κ3) is 1.60. The fraction of sp³-hybridized carbons (Fsp3) is 0.176. The van der Waals surface area contributed by atoms with E-state index in [-0.39, 0.29) is 0 Å². The van der Waals surface area contributed by atoms with Gasteiger partial charge in [-0.2, -0.15) is 0 Å². The Bertz CT molecular complexity index is 757. The topological polar surface area (TPSA) is 34.4 Å². The summed E-state index contributed by atoms with van der Waals surface area (Å²) >= 11 is 0. The second-order valence-corrected chi connectivity index (χ2v) is 5.29. The average molecular weight is 265 g/mol. The summed E-state index contributed by atoms with van der Waals surface area (Å²) in [6.45, 7) is 0.742. The van der Waals surface area contributed by atoms with Crippen LogP contribution in [0, 0.1) is 0 Å². The number of aliphatic hydroxyl groups is 1. The highest BCUT2D eigenvalue weighted by Gasteiger charge is 2.40. The molecule has 100 valence electrons. The quantitative estimate of drug-likeness (QED) is 0.773. The average Bonchev–Trinajstić information content (AvgIpc) is 2.86. The van der Waals surface area contributed by atoms with Gasteiger partial charge in [0.1, 0.15) is 5.60 Å². The minimum Gasteiger partial charge on any atom is -0.380 e. The van der Waals surface area contributed by atoms with Crippen molar-refractivity contribution in [1.82, 2.24) is 4.57 Å². The second-order valence-electron chi connectivity index (χ2n) is 5.29. The van der Waals surface area contributed by atoms with E-state index in [0.717, 1.165) is 22.2 Å². The lowest BCUT2D eigenvalue weighted by Gasteiger charge is -2.36. The zero-order valence-corrected chi connectivity index (χ0v) is 11.0. The zero-order valence-electron chi connectivity index (χ0n) is 11.0. The molecule has 0 radical (unpaired) electrons. The summed E-state index contributed by atoms with van der Waals surface area (Å²) in [7, 11) is 0. The molecule has 0 amide bonds. The number of hydrogen-bond acceptors (Lipinski definition) is 2. The van der Waals surface area contributed by atoms with Crippen LogP contribution >= 0.6 is 0 Å². The normalized spacial score (nSPS) is 17.1. The molecule has 4 rings (SSSR count). The molecule has 20 heavy (non-hydrogen) atoms. The molecule has 0 spiro atoms. The Kier molecular flexibility index (Phi) is 2.46. The summed E-state index contributed by atoms with van der Waals surface area (Å²) in [5.74, 6) is 0. The van der Waals surface area contributed by atoms with Crippen molar-refractivity contribution in [2.75, 3.05) is 13.2 Å². The standard InChI is InChI=1S/C17H15NO2/c19-17(11-20-12-17)15-10-18(13-6-2-1-3-7-13)16-9-5-4-8-14(15)16/h1-10,19H,11-12H2. The Morgan fingerprint density at radius 1 is 0.950 bits per heavy atom. The van der Waals surface area contributed by atoms with Gasteiger partial charge in [-0.1, -0.05) is 36.4 Å². The van der Waals surface area contributed by atoms with Crippen LogP contribution in [0.15, 0.2) is 60.8 Å². The van der Waals surface area contributed by atoms with Crippen LogP contribution < -0.4 is 0 Å². The Morgan fingerprint density at radius 3 is 2.35 bits per heavy atom. The van der Waals surface area contributed by atoms with Crippen LogP contribution in [0.5, 0.6) is 0 Å². The van der Waals surface area contributed by atoms with Crippen molar-refractivity contribution in [1.29, 1.82) is 0 Å². The molecule has 1 aliphatic heterocycles. The smallest absolute Gasteiger partial charge is 0.138 e. The lowest BCUT2D eigenvalue weighted by atomic mass is 9.92. The fourth-order valence-corrected chi connectivity index (χ4v) is 2.80. The van der Waals surface area contributed by atoms with Crippen LogP contribution in [0.2, 0.25) is 0 Å². The first-order valence-corrected chi connectivity index (χ1v) is 6.74. The number of hydrogen-bond donors (Lipinski definition) is 1. The largest absolute Gasteiger partial charge is 0.380 e. The third-order valence-electron chi connectivity index (χ3n) is 3.93. The van der Waals surface area contributed by atoms with Crippen molar-refractivity contribution < 1.29 is 9.84 Å². The van der Waals surface area contributed by atoms with Gasteiger partial charge >= 0.3 is 0 Å². The molecule has 1 N–H and O–H groups in total. The molecule has 0 aliphatic carbocycles. The summed E-state index contributed by atoms with van der Waals surface area (Å²) in [5, 5.41) is 11.7. The maximum atomic E-state index is 10.6. The molecular formula is C17H15NO2. The highest BCUT2D eigenvalue weighted by Crippen LogP contribution is 2.36. The van der Waals surface area contributed by atoms with Crippen LogP contribution in [0.4, 0.5) is 0 Å². The zero-order chi connectivity index (χ0) is 13.6. The highest BCUT2D eigenvalue weighted by atomic mass is 16.5. The number of para-hydroxylation sites is 2. The molecule has 0 atom stereocenters. The third-order valence-corrected chi connectivity index (χ3v) is 3.93. The summed E-state index contributed by atoms with van der Waals surface area (Å²) in [6.07, 6.45) is 2.03. The van der Waals surface area contributed by atoms with Crippen molar-refractivity contribution in [3.63, 3.8) is 0 Å². The van der Waals surface area contributed by atoms with Crippen LogP contribution in [0.25, 0.3) is 16.6 Å². The van der Waals surface area contributed by atoms with Crippen molar-refractivity contribution in [3.05, 3.63) is 66.4 Å². The second kappa shape index (κ2) is 4.20. The van der Waals surface area contributed by atoms with Gasteiger partial charge in [0.25, 0.3) is 0 Å². The molecule has 3 nitrogen and oxygen atoms in total. The van der Waals surface area contributed by atoms with Crippen molar-refractivity contribution >= 4 is 10.9 Å². The van der Waals surface area contributed by atoms with E-state index in [1.807, 2.05) is 36.5 Å². The van der Waals surface area contributed by atoms with Crippen molar-refractivity contribution in [3.8, 4) is 5.69 Å². The van der Waals surface area contributed by atoms with E-state index in [9.17, 15) is 5.11 Å². The SMILES string of the molecule is OC1(c2cn(-c3ccccc3)c3ccccc23)COC1. The maximum absolute atomic E-state index is 10.6. The number of rotatable bonds is 2. The predicted octanol–water partition coefficient (Wildman–Crippen LogP) is 2.85. The summed E-state index contributed by atoms with van der Waals surface area (Å²) in [6, 6.07) is 18.3. The number of benzene rings is 2. The van der Waals surface area contributed by atoms with Gasteiger partial charge < -0.3 is 14.4 Å². The van der Waals surface area contributed by atoms with E-state index in [1.54, 1.807) is 0 Å². The Morgan fingerprint density at radius 2 is 1.65 bits per heavy atom. The predicted molar refractivity (Wildman–Crippen MR) is 78.0 cm³/mol. The van der Waals surface area contributed by atoms with Crippen LogP contribution in [-0.4, -0.2) is 22.9 Å². The van der Waals surface area contributed by atoms with Crippen LogP contribution in [0.3, 0.4) is 0 Å². The molecule has 0 unspecified atom stereocenters. The van der Waals surface area contributed by atoms with E-state index >= 15 is 0 Å². The van der Waals surface area contributed by atoms with Gasteiger partial charge in [-0.05, 0) is 18.2 Å². The fourth-order valence-electron chi connectivity index (χ4n) is 2.80. The minimum atomic E-state index is -0.848. The van der Waals surface area contributed by atoms with E-state index < -0.39 is 5.60 Å². The molecule has 1 fully saturated rings. The lowest BCUT2D eigenvalue weighted by Crippen LogP contribution is -2.46. The van der Waals surface area contributed by atoms with Gasteiger partial charge in [0.05, 0.1) is 18.7 Å². The van der Waals surface area contributed by atoms with Gasteiger partial charge in [-0.15, -0.1) is 0 Å². The first-order valence-electron chi connectivity index (χ1n) is 6.74. The van der Waals surface area contributed by atoms with Crippen LogP contribution in [0.1, 0.15) is 5.56 Å². The van der Waals surface area contributed by atoms with E-state index in [2.05, 4.69) is 28.8 Å². The monoisotopic (exact) mass is 265 g/mol. The van der Waals surface area contributed by atoms with E-state index in [0.29, 0.717) is 13.2 Å². The summed E-state index contributed by atoms with van der Waals surface area (Å²) in [4.78, 5) is 0. The van der Waals surface area contributed by atoms with Gasteiger partial charge in [0.15, 0.2) is 0 Å². The molecule has 1 aliphatic rings. The number of nitrogens with zero attached hydrogens (tertiary/aromatic N) is 1. The van der Waals surface area contributed by atoms with E-state index in [1.165, 1.54) is 0 Å². The Hall–Kier alpha value is -2.10. The summed E-state index contributed by atoms with van der Waals surface area (Å²) in [5.41, 5.74) is 2.30. The van der Waals surface area contributed by atoms with Crippen LogP contribution in [-0.2, 0) is 10.3 Å². The van der Waals surface area contributed by atoms with Crippen molar-refractivity contribution in [2.45, 2.75) is 5.60 Å². The molecule has 2 aromatic carbocycles. The maximum Gasteiger partial charge on any atom is 0.138 e. The Balaban J connectivity index is 1.99. The van der Waals surface area contributed by atoms with Gasteiger partial charge in [-0.25, -0.2) is 0 Å². The molecule has 3 aromatic rings. The van der Waals surface area contributed by atoms with Gasteiger partial charge in [0.2, 0.25) is 0 Å². The minimum absolute atomic E-state index is 0.371. The molecular weight excluding hydrogens is 250 g/mol. The molecule has 1 saturated heterocycles. The van der Waals surface area contributed by atoms with Crippen molar-refractivity contribution in [2.24, 2.45) is 0 Å². The molecule has 0 saturated carbocycles. The molecule has 1 aromatic heterocycles. The summed E-state index contributed by atoms with van der Waals surface area (Å²) < 4.78 is 7.32. The Labute approximate surface area is 117 Å². The molecule has 3 heteroatoms. The van der Waals surface area contributed by atoms with Gasteiger partial charge in [-0.3, -0.25) is 0 Å². The molecule has 2 heterocycles. The van der Waals surface area contributed by atoms with E-state index in [4.69, 9.17) is 4.74 Å². The molecule has 0 bridgehead atoms. The van der Waals surface area contributed by atoms with Gasteiger partial charge in [0, 0.05) is 22.8 Å².